The zero-order valence-corrected chi connectivity index (χ0v) is 15.6. The highest BCUT2D eigenvalue weighted by atomic mass is 16.5. The summed E-state index contributed by atoms with van der Waals surface area (Å²) in [6, 6.07) is 8.26. The molecule has 0 N–H and O–H groups in total. The van der Waals surface area contributed by atoms with E-state index in [-0.39, 0.29) is 6.10 Å². The summed E-state index contributed by atoms with van der Waals surface area (Å²) in [6.07, 6.45) is 4.29. The lowest BCUT2D eigenvalue weighted by Crippen LogP contribution is -2.42. The van der Waals surface area contributed by atoms with Crippen LogP contribution in [0.4, 0.5) is 0 Å². The number of hydrogen-bond acceptors (Lipinski definition) is 4. The van der Waals surface area contributed by atoms with Crippen LogP contribution >= 0.6 is 0 Å². The molecular weight excluding hydrogens is 314 g/mol. The van der Waals surface area contributed by atoms with Gasteiger partial charge in [-0.05, 0) is 31.0 Å². The Hall–Kier alpha value is -1.85. The summed E-state index contributed by atoms with van der Waals surface area (Å²) in [5.74, 6) is 0.907. The average molecular weight is 343 g/mol. The molecule has 5 nitrogen and oxygen atoms in total. The van der Waals surface area contributed by atoms with Crippen LogP contribution in [0.2, 0.25) is 0 Å². The maximum Gasteiger partial charge on any atom is 0.119 e. The van der Waals surface area contributed by atoms with E-state index in [1.165, 1.54) is 16.8 Å². The zero-order valence-electron chi connectivity index (χ0n) is 15.6. The Morgan fingerprint density at radius 2 is 2.24 bits per heavy atom. The van der Waals surface area contributed by atoms with E-state index in [9.17, 15) is 0 Å². The molecule has 0 unspecified atom stereocenters. The van der Waals surface area contributed by atoms with E-state index >= 15 is 0 Å². The second kappa shape index (κ2) is 8.50. The lowest BCUT2D eigenvalue weighted by molar-refractivity contribution is -0.0305. The standard InChI is InChI=1S/C20H29N3O2/c1-4-8-23-16(2)18(13-21-23)14-22-9-10-25-20(15-22)12-17-6-5-7-19(11-17)24-3/h5-7,11,13,20H,4,8-10,12,14-15H2,1-3H3/t20-/m0/s1. The van der Waals surface area contributed by atoms with Crippen molar-refractivity contribution in [2.24, 2.45) is 0 Å². The monoisotopic (exact) mass is 343 g/mol. The molecule has 3 rings (SSSR count). The van der Waals surface area contributed by atoms with E-state index in [1.807, 2.05) is 18.3 Å². The molecule has 5 heteroatoms. The van der Waals surface area contributed by atoms with Gasteiger partial charge < -0.3 is 9.47 Å². The van der Waals surface area contributed by atoms with Gasteiger partial charge in [-0.25, -0.2) is 0 Å². The highest BCUT2D eigenvalue weighted by Gasteiger charge is 2.22. The van der Waals surface area contributed by atoms with E-state index in [2.05, 4.69) is 40.7 Å². The molecule has 0 aliphatic carbocycles. The summed E-state index contributed by atoms with van der Waals surface area (Å²) in [5.41, 5.74) is 3.88. The Bertz CT molecular complexity index is 683. The number of methoxy groups -OCH3 is 1. The number of nitrogens with zero attached hydrogens (tertiary/aromatic N) is 3. The van der Waals surface area contributed by atoms with Gasteiger partial charge >= 0.3 is 0 Å². The molecule has 1 aromatic heterocycles. The van der Waals surface area contributed by atoms with Gasteiger partial charge in [0.15, 0.2) is 0 Å². The summed E-state index contributed by atoms with van der Waals surface area (Å²) in [6.45, 7) is 9.03. The first-order chi connectivity index (χ1) is 12.2. The molecule has 1 fully saturated rings. The minimum atomic E-state index is 0.229. The minimum Gasteiger partial charge on any atom is -0.497 e. The Balaban J connectivity index is 1.59. The lowest BCUT2D eigenvalue weighted by Gasteiger charge is -2.33. The van der Waals surface area contributed by atoms with Crippen molar-refractivity contribution in [2.45, 2.75) is 45.9 Å². The normalized spacial score (nSPS) is 18.4. The second-order valence-corrected chi connectivity index (χ2v) is 6.76. The fourth-order valence-corrected chi connectivity index (χ4v) is 3.43. The van der Waals surface area contributed by atoms with Gasteiger partial charge in [0, 0.05) is 43.9 Å². The number of hydrogen-bond donors (Lipinski definition) is 0. The highest BCUT2D eigenvalue weighted by Crippen LogP contribution is 2.19. The minimum absolute atomic E-state index is 0.229. The first-order valence-electron chi connectivity index (χ1n) is 9.17. The fraction of sp³-hybridized carbons (Fsp3) is 0.550. The predicted octanol–water partition coefficient (Wildman–Crippen LogP) is 3.05. The van der Waals surface area contributed by atoms with Crippen LogP contribution in [0.25, 0.3) is 0 Å². The van der Waals surface area contributed by atoms with Crippen LogP contribution in [0.3, 0.4) is 0 Å². The van der Waals surface area contributed by atoms with Crippen molar-refractivity contribution in [3.63, 3.8) is 0 Å². The third kappa shape index (κ3) is 4.61. The molecule has 1 atom stereocenters. The van der Waals surface area contributed by atoms with Crippen LogP contribution in [0.5, 0.6) is 5.75 Å². The molecule has 1 saturated heterocycles. The Morgan fingerprint density at radius 1 is 1.36 bits per heavy atom. The quantitative estimate of drug-likeness (QED) is 0.775. The second-order valence-electron chi connectivity index (χ2n) is 6.76. The van der Waals surface area contributed by atoms with E-state index in [1.54, 1.807) is 7.11 Å². The average Bonchev–Trinajstić information content (AvgIpc) is 2.96. The maximum absolute atomic E-state index is 5.99. The third-order valence-electron chi connectivity index (χ3n) is 4.85. The molecule has 0 spiro atoms. The molecule has 136 valence electrons. The number of aromatic nitrogens is 2. The highest BCUT2D eigenvalue weighted by molar-refractivity contribution is 5.29. The zero-order chi connectivity index (χ0) is 17.6. The molecule has 1 aliphatic rings. The SMILES string of the molecule is CCCn1ncc(CN2CCO[C@@H](Cc3cccc(OC)c3)C2)c1C. The molecule has 2 heterocycles. The van der Waals surface area contributed by atoms with Crippen LogP contribution in [0.15, 0.2) is 30.5 Å². The van der Waals surface area contributed by atoms with Crippen LogP contribution in [0, 0.1) is 6.92 Å². The summed E-state index contributed by atoms with van der Waals surface area (Å²) in [5, 5.41) is 4.52. The topological polar surface area (TPSA) is 39.5 Å². The number of rotatable bonds is 7. The van der Waals surface area contributed by atoms with Gasteiger partial charge in [-0.15, -0.1) is 0 Å². The van der Waals surface area contributed by atoms with Crippen molar-refractivity contribution < 1.29 is 9.47 Å². The summed E-state index contributed by atoms with van der Waals surface area (Å²) in [4.78, 5) is 2.48. The van der Waals surface area contributed by atoms with Gasteiger partial charge in [0.2, 0.25) is 0 Å². The molecule has 1 aromatic carbocycles. The van der Waals surface area contributed by atoms with Crippen LogP contribution in [-0.4, -0.2) is 47.6 Å². The fourth-order valence-electron chi connectivity index (χ4n) is 3.43. The molecular formula is C20H29N3O2. The van der Waals surface area contributed by atoms with Crippen LogP contribution in [0.1, 0.15) is 30.2 Å². The van der Waals surface area contributed by atoms with Crippen molar-refractivity contribution >= 4 is 0 Å². The van der Waals surface area contributed by atoms with Crippen molar-refractivity contribution in [3.05, 3.63) is 47.3 Å². The van der Waals surface area contributed by atoms with Crippen LogP contribution in [-0.2, 0) is 24.2 Å². The Kier molecular flexibility index (Phi) is 6.10. The number of benzene rings is 1. The number of ether oxygens (including phenoxy) is 2. The third-order valence-corrected chi connectivity index (χ3v) is 4.85. The molecule has 1 aliphatic heterocycles. The summed E-state index contributed by atoms with van der Waals surface area (Å²) >= 11 is 0. The van der Waals surface area contributed by atoms with Gasteiger partial charge in [0.1, 0.15) is 5.75 Å². The van der Waals surface area contributed by atoms with Crippen molar-refractivity contribution in [1.82, 2.24) is 14.7 Å². The van der Waals surface area contributed by atoms with E-state index in [4.69, 9.17) is 9.47 Å². The Labute approximate surface area is 150 Å². The van der Waals surface area contributed by atoms with Gasteiger partial charge in [0.25, 0.3) is 0 Å². The molecule has 0 amide bonds. The van der Waals surface area contributed by atoms with Crippen LogP contribution < -0.4 is 4.74 Å². The molecule has 2 aromatic rings. The molecule has 0 saturated carbocycles. The van der Waals surface area contributed by atoms with E-state index < -0.39 is 0 Å². The van der Waals surface area contributed by atoms with Crippen molar-refractivity contribution in [2.75, 3.05) is 26.8 Å². The first kappa shape index (κ1) is 18.0. The number of aryl methyl sites for hydroxylation is 1. The maximum atomic E-state index is 5.99. The van der Waals surface area contributed by atoms with Gasteiger partial charge in [-0.1, -0.05) is 19.1 Å². The first-order valence-corrected chi connectivity index (χ1v) is 9.17. The summed E-state index contributed by atoms with van der Waals surface area (Å²) in [7, 11) is 1.71. The smallest absolute Gasteiger partial charge is 0.119 e. The molecule has 0 radical (unpaired) electrons. The molecule has 25 heavy (non-hydrogen) atoms. The van der Waals surface area contributed by atoms with Gasteiger partial charge in [-0.2, -0.15) is 5.10 Å². The van der Waals surface area contributed by atoms with Crippen molar-refractivity contribution in [1.29, 1.82) is 0 Å². The lowest BCUT2D eigenvalue weighted by atomic mass is 10.1. The Morgan fingerprint density at radius 3 is 3.04 bits per heavy atom. The van der Waals surface area contributed by atoms with Crippen molar-refractivity contribution in [3.8, 4) is 5.75 Å². The number of morpholine rings is 1. The van der Waals surface area contributed by atoms with E-state index in [0.29, 0.717) is 0 Å². The predicted molar refractivity (Wildman–Crippen MR) is 99.0 cm³/mol. The van der Waals surface area contributed by atoms with Gasteiger partial charge in [-0.3, -0.25) is 9.58 Å². The summed E-state index contributed by atoms with van der Waals surface area (Å²) < 4.78 is 13.4. The van der Waals surface area contributed by atoms with E-state index in [0.717, 1.165) is 51.4 Å². The largest absolute Gasteiger partial charge is 0.497 e. The van der Waals surface area contributed by atoms with Gasteiger partial charge in [0.05, 0.1) is 26.0 Å². The molecule has 0 bridgehead atoms.